The molecule has 3 heteroatoms. The molecule has 27 heavy (non-hydrogen) atoms. The number of nitrogens with one attached hydrogen (secondary N) is 1. The van der Waals surface area contributed by atoms with Crippen molar-refractivity contribution in [2.24, 2.45) is 0 Å². The summed E-state index contributed by atoms with van der Waals surface area (Å²) >= 11 is 0. The van der Waals surface area contributed by atoms with Crippen LogP contribution in [0.5, 0.6) is 5.75 Å². The van der Waals surface area contributed by atoms with Crippen molar-refractivity contribution in [2.75, 3.05) is 6.54 Å². The summed E-state index contributed by atoms with van der Waals surface area (Å²) in [4.78, 5) is 0. The van der Waals surface area contributed by atoms with Gasteiger partial charge in [0.2, 0.25) is 0 Å². The number of hydrogen-bond donors (Lipinski definition) is 1. The van der Waals surface area contributed by atoms with Crippen LogP contribution < -0.4 is 10.1 Å². The third-order valence-electron chi connectivity index (χ3n) is 4.62. The highest BCUT2D eigenvalue weighted by molar-refractivity contribution is 5.37. The fourth-order valence-corrected chi connectivity index (χ4v) is 3.25. The van der Waals surface area contributed by atoms with Crippen LogP contribution in [0.4, 0.5) is 0 Å². The van der Waals surface area contributed by atoms with Crippen LogP contribution in [0.25, 0.3) is 0 Å². The third kappa shape index (κ3) is 5.73. The van der Waals surface area contributed by atoms with Crippen molar-refractivity contribution in [2.45, 2.75) is 45.8 Å². The number of ether oxygens (including phenoxy) is 1. The first kappa shape index (κ1) is 19.2. The van der Waals surface area contributed by atoms with Gasteiger partial charge in [0.25, 0.3) is 0 Å². The Morgan fingerprint density at radius 1 is 0.926 bits per heavy atom. The fourth-order valence-electron chi connectivity index (χ4n) is 3.25. The molecule has 0 bridgehead atoms. The lowest BCUT2D eigenvalue weighted by Gasteiger charge is -2.19. The van der Waals surface area contributed by atoms with E-state index in [1.165, 1.54) is 16.7 Å². The van der Waals surface area contributed by atoms with Gasteiger partial charge in [0, 0.05) is 5.92 Å². The van der Waals surface area contributed by atoms with Gasteiger partial charge in [-0.15, -0.1) is 0 Å². The van der Waals surface area contributed by atoms with Crippen molar-refractivity contribution in [1.29, 1.82) is 0 Å². The molecule has 1 N–H and O–H groups in total. The zero-order valence-electron chi connectivity index (χ0n) is 16.4. The molecule has 2 aromatic carbocycles. The lowest BCUT2D eigenvalue weighted by Crippen LogP contribution is -2.17. The molecule has 3 nitrogen and oxygen atoms in total. The molecule has 0 spiro atoms. The Kier molecular flexibility index (Phi) is 6.72. The highest BCUT2D eigenvalue weighted by Crippen LogP contribution is 2.29. The maximum atomic E-state index is 5.79. The topological polar surface area (TPSA) is 34.4 Å². The number of hydrogen-bond acceptors (Lipinski definition) is 3. The number of rotatable bonds is 9. The van der Waals surface area contributed by atoms with E-state index >= 15 is 0 Å². The molecule has 0 saturated heterocycles. The molecule has 1 atom stereocenters. The Bertz CT molecular complexity index is 789. The summed E-state index contributed by atoms with van der Waals surface area (Å²) in [7, 11) is 0. The van der Waals surface area contributed by atoms with Crippen molar-refractivity contribution in [3.8, 4) is 5.75 Å². The molecule has 0 unspecified atom stereocenters. The van der Waals surface area contributed by atoms with E-state index in [9.17, 15) is 0 Å². The minimum atomic E-state index is 0.189. The molecule has 0 aliphatic heterocycles. The first-order chi connectivity index (χ1) is 13.1. The predicted molar refractivity (Wildman–Crippen MR) is 110 cm³/mol. The summed E-state index contributed by atoms with van der Waals surface area (Å²) in [6, 6.07) is 21.3. The first-order valence-corrected chi connectivity index (χ1v) is 9.68. The largest absolute Gasteiger partial charge is 0.491 e. The molecule has 0 saturated carbocycles. The second kappa shape index (κ2) is 9.43. The monoisotopic (exact) mass is 363 g/mol. The Morgan fingerprint density at radius 2 is 1.59 bits per heavy atom. The minimum absolute atomic E-state index is 0.189. The molecule has 142 valence electrons. The summed E-state index contributed by atoms with van der Waals surface area (Å²) in [6.07, 6.45) is 2.93. The van der Waals surface area contributed by atoms with Gasteiger partial charge in [-0.25, -0.2) is 0 Å². The van der Waals surface area contributed by atoms with Gasteiger partial charge in [-0.2, -0.15) is 0 Å². The van der Waals surface area contributed by atoms with Crippen LogP contribution in [0, 0.1) is 6.92 Å². The maximum Gasteiger partial charge on any atom is 0.119 e. The Labute approximate surface area is 162 Å². The van der Waals surface area contributed by atoms with Gasteiger partial charge in [0.15, 0.2) is 0 Å². The molecular formula is C24H29NO2. The quantitative estimate of drug-likeness (QED) is 0.496. The molecule has 3 rings (SSSR count). The van der Waals surface area contributed by atoms with Crippen molar-refractivity contribution in [3.63, 3.8) is 0 Å². The number of benzene rings is 2. The predicted octanol–water partition coefficient (Wildman–Crippen LogP) is 5.69. The number of furan rings is 1. The van der Waals surface area contributed by atoms with Crippen LogP contribution in [0.3, 0.4) is 0 Å². The molecule has 0 amide bonds. The van der Waals surface area contributed by atoms with E-state index in [0.29, 0.717) is 5.92 Å². The summed E-state index contributed by atoms with van der Waals surface area (Å²) in [6.45, 7) is 7.90. The molecule has 0 aliphatic carbocycles. The summed E-state index contributed by atoms with van der Waals surface area (Å²) in [5.41, 5.74) is 3.95. The van der Waals surface area contributed by atoms with E-state index in [2.05, 4.69) is 60.8 Å². The standard InChI is InChI=1S/C24H29NO2/c1-18(2)27-22-12-10-21(11-13-22)24(20-8-6-19(3)7-9-20)14-15-25-17-23-5-4-16-26-23/h4-13,16,18,24-25H,14-15,17H2,1-3H3/t24-/m0/s1. The summed E-state index contributed by atoms with van der Waals surface area (Å²) in [5.74, 6) is 2.24. The molecular weight excluding hydrogens is 334 g/mol. The van der Waals surface area contributed by atoms with Gasteiger partial charge in [-0.3, -0.25) is 0 Å². The van der Waals surface area contributed by atoms with E-state index in [-0.39, 0.29) is 6.10 Å². The average Bonchev–Trinajstić information content (AvgIpc) is 3.17. The van der Waals surface area contributed by atoms with Crippen molar-refractivity contribution >= 4 is 0 Å². The van der Waals surface area contributed by atoms with Crippen LogP contribution >= 0.6 is 0 Å². The van der Waals surface area contributed by atoms with Crippen molar-refractivity contribution in [1.82, 2.24) is 5.32 Å². The van der Waals surface area contributed by atoms with Crippen LogP contribution in [0.2, 0.25) is 0 Å². The molecule has 0 aliphatic rings. The first-order valence-electron chi connectivity index (χ1n) is 9.68. The molecule has 3 aromatic rings. The normalized spacial score (nSPS) is 12.3. The fraction of sp³-hybridized carbons (Fsp3) is 0.333. The van der Waals surface area contributed by atoms with Gasteiger partial charge in [-0.05, 0) is 69.1 Å². The Balaban J connectivity index is 1.70. The van der Waals surface area contributed by atoms with E-state index in [1.807, 2.05) is 26.0 Å². The zero-order valence-corrected chi connectivity index (χ0v) is 16.4. The van der Waals surface area contributed by atoms with E-state index in [0.717, 1.165) is 31.0 Å². The van der Waals surface area contributed by atoms with Gasteiger partial charge < -0.3 is 14.5 Å². The lowest BCUT2D eigenvalue weighted by molar-refractivity contribution is 0.242. The van der Waals surface area contributed by atoms with E-state index in [4.69, 9.17) is 9.15 Å². The van der Waals surface area contributed by atoms with Crippen LogP contribution in [0.15, 0.2) is 71.3 Å². The smallest absolute Gasteiger partial charge is 0.119 e. The van der Waals surface area contributed by atoms with Gasteiger partial charge >= 0.3 is 0 Å². The second-order valence-corrected chi connectivity index (χ2v) is 7.24. The van der Waals surface area contributed by atoms with Gasteiger partial charge in [0.05, 0.1) is 18.9 Å². The average molecular weight is 364 g/mol. The Morgan fingerprint density at radius 3 is 2.19 bits per heavy atom. The molecule has 0 radical (unpaired) electrons. The summed E-state index contributed by atoms with van der Waals surface area (Å²) in [5, 5.41) is 3.49. The van der Waals surface area contributed by atoms with Crippen LogP contribution in [-0.2, 0) is 6.54 Å². The highest BCUT2D eigenvalue weighted by Gasteiger charge is 2.14. The maximum absolute atomic E-state index is 5.79. The van der Waals surface area contributed by atoms with Gasteiger partial charge in [0.1, 0.15) is 11.5 Å². The minimum Gasteiger partial charge on any atom is -0.491 e. The highest BCUT2D eigenvalue weighted by atomic mass is 16.5. The molecule has 0 fully saturated rings. The van der Waals surface area contributed by atoms with Crippen LogP contribution in [-0.4, -0.2) is 12.6 Å². The van der Waals surface area contributed by atoms with E-state index in [1.54, 1.807) is 6.26 Å². The second-order valence-electron chi connectivity index (χ2n) is 7.24. The van der Waals surface area contributed by atoms with E-state index < -0.39 is 0 Å². The molecule has 1 heterocycles. The number of aryl methyl sites for hydroxylation is 1. The Hall–Kier alpha value is -2.52. The molecule has 1 aromatic heterocycles. The van der Waals surface area contributed by atoms with Gasteiger partial charge in [-0.1, -0.05) is 42.0 Å². The zero-order chi connectivity index (χ0) is 19.1. The third-order valence-corrected chi connectivity index (χ3v) is 4.62. The lowest BCUT2D eigenvalue weighted by atomic mass is 9.88. The SMILES string of the molecule is Cc1ccc([C@H](CCNCc2ccco2)c2ccc(OC(C)C)cc2)cc1. The van der Waals surface area contributed by atoms with Crippen molar-refractivity contribution < 1.29 is 9.15 Å². The van der Waals surface area contributed by atoms with Crippen LogP contribution in [0.1, 0.15) is 48.6 Å². The summed E-state index contributed by atoms with van der Waals surface area (Å²) < 4.78 is 11.2. The van der Waals surface area contributed by atoms with Crippen molar-refractivity contribution in [3.05, 3.63) is 89.4 Å².